The molecule has 3 heteroatoms. The lowest BCUT2D eigenvalue weighted by atomic mass is 10.1. The molecule has 1 aromatic heterocycles. The van der Waals surface area contributed by atoms with Gasteiger partial charge in [-0.05, 0) is 17.2 Å². The molecular weight excluding hydrogens is 192 g/mol. The molecule has 1 heterocycles. The van der Waals surface area contributed by atoms with Gasteiger partial charge in [0.15, 0.2) is 0 Å². The van der Waals surface area contributed by atoms with Gasteiger partial charge in [0.1, 0.15) is 0 Å². The summed E-state index contributed by atoms with van der Waals surface area (Å²) < 4.78 is 4.97. The van der Waals surface area contributed by atoms with E-state index in [0.29, 0.717) is 0 Å². The number of benzene rings is 1. The Labute approximate surface area is 87.0 Å². The number of hydrogen-bond acceptors (Lipinski definition) is 2. The molecule has 0 aliphatic rings. The molecule has 1 N–H and O–H groups in total. The second-order valence-corrected chi connectivity index (χ2v) is 3.28. The largest absolute Gasteiger partial charge is 0.481 e. The van der Waals surface area contributed by atoms with Gasteiger partial charge in [0.25, 0.3) is 0 Å². The van der Waals surface area contributed by atoms with Crippen molar-refractivity contribution in [1.29, 1.82) is 0 Å². The van der Waals surface area contributed by atoms with Crippen molar-refractivity contribution in [3.63, 3.8) is 0 Å². The van der Waals surface area contributed by atoms with Crippen molar-refractivity contribution in [1.82, 2.24) is 0 Å². The van der Waals surface area contributed by atoms with E-state index in [9.17, 15) is 4.79 Å². The standard InChI is InChI=1S/C12H10O3/c13-12(14)7-9-1-3-10(4-2-9)11-5-6-15-8-11/h1-6,8H,7H2,(H,13,14). The maximum Gasteiger partial charge on any atom is 0.307 e. The van der Waals surface area contributed by atoms with Crippen LogP contribution < -0.4 is 0 Å². The summed E-state index contributed by atoms with van der Waals surface area (Å²) in [7, 11) is 0. The fourth-order valence-corrected chi connectivity index (χ4v) is 1.42. The molecule has 76 valence electrons. The maximum absolute atomic E-state index is 10.5. The zero-order valence-electron chi connectivity index (χ0n) is 8.01. The van der Waals surface area contributed by atoms with E-state index < -0.39 is 5.97 Å². The third-order valence-electron chi connectivity index (χ3n) is 2.16. The first-order valence-corrected chi connectivity index (χ1v) is 4.59. The fraction of sp³-hybridized carbons (Fsp3) is 0.0833. The maximum atomic E-state index is 10.5. The molecule has 2 rings (SSSR count). The van der Waals surface area contributed by atoms with Crippen molar-refractivity contribution < 1.29 is 14.3 Å². The van der Waals surface area contributed by atoms with Gasteiger partial charge in [-0.3, -0.25) is 4.79 Å². The van der Waals surface area contributed by atoms with Gasteiger partial charge in [-0.2, -0.15) is 0 Å². The second kappa shape index (κ2) is 4.00. The molecule has 1 aromatic carbocycles. The van der Waals surface area contributed by atoms with E-state index in [1.54, 1.807) is 12.5 Å². The minimum Gasteiger partial charge on any atom is -0.481 e. The normalized spacial score (nSPS) is 10.1. The third-order valence-corrected chi connectivity index (χ3v) is 2.16. The molecule has 0 saturated heterocycles. The van der Waals surface area contributed by atoms with Gasteiger partial charge in [-0.15, -0.1) is 0 Å². The fourth-order valence-electron chi connectivity index (χ4n) is 1.42. The summed E-state index contributed by atoms with van der Waals surface area (Å²) in [6, 6.07) is 9.28. The predicted molar refractivity (Wildman–Crippen MR) is 55.5 cm³/mol. The molecule has 0 aliphatic carbocycles. The van der Waals surface area contributed by atoms with Crippen LogP contribution in [0, 0.1) is 0 Å². The Kier molecular flexibility index (Phi) is 2.54. The molecule has 0 fully saturated rings. The summed E-state index contributed by atoms with van der Waals surface area (Å²) in [6.07, 6.45) is 3.33. The average molecular weight is 202 g/mol. The summed E-state index contributed by atoms with van der Waals surface area (Å²) >= 11 is 0. The van der Waals surface area contributed by atoms with Gasteiger partial charge in [0.2, 0.25) is 0 Å². The van der Waals surface area contributed by atoms with Crippen molar-refractivity contribution in [2.75, 3.05) is 0 Å². The van der Waals surface area contributed by atoms with Crippen LogP contribution in [0.1, 0.15) is 5.56 Å². The van der Waals surface area contributed by atoms with Crippen LogP contribution >= 0.6 is 0 Å². The predicted octanol–water partition coefficient (Wildman–Crippen LogP) is 2.57. The van der Waals surface area contributed by atoms with E-state index in [1.807, 2.05) is 30.3 Å². The first-order valence-electron chi connectivity index (χ1n) is 4.59. The lowest BCUT2D eigenvalue weighted by Crippen LogP contribution is -1.99. The van der Waals surface area contributed by atoms with Crippen molar-refractivity contribution in [2.24, 2.45) is 0 Å². The summed E-state index contributed by atoms with van der Waals surface area (Å²) in [5, 5.41) is 8.61. The molecule has 2 aromatic rings. The zero-order valence-corrected chi connectivity index (χ0v) is 8.01. The second-order valence-electron chi connectivity index (χ2n) is 3.28. The van der Waals surface area contributed by atoms with Crippen LogP contribution in [0.25, 0.3) is 11.1 Å². The monoisotopic (exact) mass is 202 g/mol. The lowest BCUT2D eigenvalue weighted by molar-refractivity contribution is -0.136. The molecule has 0 amide bonds. The molecule has 0 atom stereocenters. The third kappa shape index (κ3) is 2.26. The molecule has 0 unspecified atom stereocenters. The Balaban J connectivity index is 2.21. The van der Waals surface area contributed by atoms with E-state index in [0.717, 1.165) is 16.7 Å². The molecule has 0 aliphatic heterocycles. The smallest absolute Gasteiger partial charge is 0.307 e. The van der Waals surface area contributed by atoms with Gasteiger partial charge < -0.3 is 9.52 Å². The Hall–Kier alpha value is -2.03. The lowest BCUT2D eigenvalue weighted by Gasteiger charge is -1.99. The first-order chi connectivity index (χ1) is 7.25. The number of furan rings is 1. The highest BCUT2D eigenvalue weighted by Gasteiger charge is 2.02. The van der Waals surface area contributed by atoms with Crippen LogP contribution in [0.4, 0.5) is 0 Å². The Morgan fingerprint density at radius 2 is 1.87 bits per heavy atom. The Morgan fingerprint density at radius 3 is 2.40 bits per heavy atom. The van der Waals surface area contributed by atoms with Crippen LogP contribution in [0.15, 0.2) is 47.3 Å². The number of carbonyl (C=O) groups is 1. The van der Waals surface area contributed by atoms with Crippen molar-refractivity contribution in [2.45, 2.75) is 6.42 Å². The molecule has 0 saturated carbocycles. The summed E-state index contributed by atoms with van der Waals surface area (Å²) in [5.41, 5.74) is 2.82. The van der Waals surface area contributed by atoms with E-state index in [4.69, 9.17) is 9.52 Å². The van der Waals surface area contributed by atoms with Gasteiger partial charge in [0.05, 0.1) is 18.9 Å². The van der Waals surface area contributed by atoms with Crippen molar-refractivity contribution >= 4 is 5.97 Å². The molecule has 3 nitrogen and oxygen atoms in total. The highest BCUT2D eigenvalue weighted by atomic mass is 16.4. The van der Waals surface area contributed by atoms with E-state index in [-0.39, 0.29) is 6.42 Å². The minimum absolute atomic E-state index is 0.0612. The first kappa shape index (κ1) is 9.52. The Bertz CT molecular complexity index is 440. The molecule has 0 spiro atoms. The van der Waals surface area contributed by atoms with E-state index in [1.165, 1.54) is 0 Å². The molecule has 0 radical (unpaired) electrons. The van der Waals surface area contributed by atoms with Crippen LogP contribution in [0.3, 0.4) is 0 Å². The average Bonchev–Trinajstić information content (AvgIpc) is 2.71. The van der Waals surface area contributed by atoms with Crippen LogP contribution in [0.5, 0.6) is 0 Å². The highest BCUT2D eigenvalue weighted by Crippen LogP contribution is 2.20. The van der Waals surface area contributed by atoms with Crippen LogP contribution in [-0.4, -0.2) is 11.1 Å². The number of rotatable bonds is 3. The Morgan fingerprint density at radius 1 is 1.13 bits per heavy atom. The summed E-state index contributed by atoms with van der Waals surface area (Å²) in [4.78, 5) is 10.5. The number of hydrogen-bond donors (Lipinski definition) is 1. The van der Waals surface area contributed by atoms with Crippen LogP contribution in [-0.2, 0) is 11.2 Å². The van der Waals surface area contributed by atoms with Crippen molar-refractivity contribution in [3.05, 3.63) is 48.4 Å². The number of aliphatic carboxylic acids is 1. The SMILES string of the molecule is O=C(O)Cc1ccc(-c2ccoc2)cc1. The van der Waals surface area contributed by atoms with Crippen LogP contribution in [0.2, 0.25) is 0 Å². The van der Waals surface area contributed by atoms with Gasteiger partial charge in [-0.25, -0.2) is 0 Å². The van der Waals surface area contributed by atoms with Gasteiger partial charge >= 0.3 is 5.97 Å². The molecule has 0 bridgehead atoms. The van der Waals surface area contributed by atoms with Crippen molar-refractivity contribution in [3.8, 4) is 11.1 Å². The van der Waals surface area contributed by atoms with Gasteiger partial charge in [-0.1, -0.05) is 24.3 Å². The minimum atomic E-state index is -0.814. The highest BCUT2D eigenvalue weighted by molar-refractivity contribution is 5.71. The number of carboxylic acids is 1. The van der Waals surface area contributed by atoms with Gasteiger partial charge in [0, 0.05) is 5.56 Å². The number of carboxylic acid groups (broad SMARTS) is 1. The molecule has 15 heavy (non-hydrogen) atoms. The quantitative estimate of drug-likeness (QED) is 0.832. The summed E-state index contributed by atoms with van der Waals surface area (Å²) in [5.74, 6) is -0.814. The van der Waals surface area contributed by atoms with E-state index in [2.05, 4.69) is 0 Å². The van der Waals surface area contributed by atoms with E-state index >= 15 is 0 Å². The molecular formula is C12H10O3. The summed E-state index contributed by atoms with van der Waals surface area (Å²) in [6.45, 7) is 0. The zero-order chi connectivity index (χ0) is 10.7. The topological polar surface area (TPSA) is 50.4 Å².